The van der Waals surface area contributed by atoms with Crippen molar-refractivity contribution >= 4 is 33.6 Å². The smallest absolute Gasteiger partial charge is 0.230 e. The number of halogens is 1. The Morgan fingerprint density at radius 1 is 1.10 bits per heavy atom. The van der Waals surface area contributed by atoms with Crippen molar-refractivity contribution in [2.75, 3.05) is 5.75 Å². The van der Waals surface area contributed by atoms with E-state index in [0.717, 1.165) is 15.8 Å². The molecule has 1 amide bonds. The summed E-state index contributed by atoms with van der Waals surface area (Å²) in [6, 6.07) is 11.9. The maximum absolute atomic E-state index is 11.7. The molecule has 0 fully saturated rings. The van der Waals surface area contributed by atoms with Crippen LogP contribution < -0.4 is 5.32 Å². The van der Waals surface area contributed by atoms with Crippen molar-refractivity contribution in [3.63, 3.8) is 0 Å². The lowest BCUT2D eigenvalue weighted by Gasteiger charge is -2.05. The minimum atomic E-state index is 0.0592. The lowest BCUT2D eigenvalue weighted by Crippen LogP contribution is -2.24. The predicted molar refractivity (Wildman–Crippen MR) is 86.4 cm³/mol. The Balaban J connectivity index is 1.66. The lowest BCUT2D eigenvalue weighted by molar-refractivity contribution is -0.118. The van der Waals surface area contributed by atoms with E-state index >= 15 is 0 Å². The first-order chi connectivity index (χ1) is 9.74. The molecule has 0 aliphatic heterocycles. The van der Waals surface area contributed by atoms with Crippen molar-refractivity contribution in [2.45, 2.75) is 12.3 Å². The number of hydrogen-bond acceptors (Lipinski definition) is 3. The SMILES string of the molecule is O=C(CSCc1ccc(Br)cc1)NCc1ccncc1. The van der Waals surface area contributed by atoms with Crippen LogP contribution in [0.15, 0.2) is 53.3 Å². The molecular weight excluding hydrogens is 336 g/mol. The summed E-state index contributed by atoms with van der Waals surface area (Å²) in [5.74, 6) is 1.38. The van der Waals surface area contributed by atoms with Crippen LogP contribution in [0.5, 0.6) is 0 Å². The second-order valence-electron chi connectivity index (χ2n) is 4.25. The van der Waals surface area contributed by atoms with Crippen LogP contribution in [0.4, 0.5) is 0 Å². The van der Waals surface area contributed by atoms with E-state index in [1.807, 2.05) is 24.3 Å². The van der Waals surface area contributed by atoms with Gasteiger partial charge in [-0.25, -0.2) is 0 Å². The molecule has 0 saturated carbocycles. The molecule has 1 N–H and O–H groups in total. The van der Waals surface area contributed by atoms with E-state index < -0.39 is 0 Å². The number of nitrogens with zero attached hydrogens (tertiary/aromatic N) is 1. The first kappa shape index (κ1) is 15.1. The Bertz CT molecular complexity index is 546. The lowest BCUT2D eigenvalue weighted by atomic mass is 10.2. The predicted octanol–water partition coefficient (Wildman–Crippen LogP) is 3.39. The minimum Gasteiger partial charge on any atom is -0.351 e. The Labute approximate surface area is 131 Å². The van der Waals surface area contributed by atoms with Crippen LogP contribution in [0.25, 0.3) is 0 Å². The van der Waals surface area contributed by atoms with Gasteiger partial charge in [0.2, 0.25) is 5.91 Å². The molecule has 0 unspecified atom stereocenters. The molecule has 0 radical (unpaired) electrons. The standard InChI is InChI=1S/C15H15BrN2OS/c16-14-3-1-13(2-4-14)10-20-11-15(19)18-9-12-5-7-17-8-6-12/h1-8H,9-11H2,(H,18,19). The molecule has 2 aromatic rings. The summed E-state index contributed by atoms with van der Waals surface area (Å²) in [6.07, 6.45) is 3.45. The fourth-order valence-electron chi connectivity index (χ4n) is 1.59. The van der Waals surface area contributed by atoms with Crippen LogP contribution in [0.1, 0.15) is 11.1 Å². The van der Waals surface area contributed by atoms with Crippen molar-refractivity contribution in [2.24, 2.45) is 0 Å². The summed E-state index contributed by atoms with van der Waals surface area (Å²) in [6.45, 7) is 0.556. The fraction of sp³-hybridized carbons (Fsp3) is 0.200. The van der Waals surface area contributed by atoms with E-state index in [1.54, 1.807) is 24.2 Å². The van der Waals surface area contributed by atoms with Gasteiger partial charge in [-0.2, -0.15) is 0 Å². The number of carbonyl (C=O) groups is 1. The van der Waals surface area contributed by atoms with E-state index in [0.29, 0.717) is 12.3 Å². The van der Waals surface area contributed by atoms with Gasteiger partial charge >= 0.3 is 0 Å². The first-order valence-electron chi connectivity index (χ1n) is 6.22. The molecule has 20 heavy (non-hydrogen) atoms. The summed E-state index contributed by atoms with van der Waals surface area (Å²) in [5.41, 5.74) is 2.28. The zero-order valence-electron chi connectivity index (χ0n) is 10.9. The molecule has 0 atom stereocenters. The molecule has 2 rings (SSSR count). The zero-order chi connectivity index (χ0) is 14.2. The largest absolute Gasteiger partial charge is 0.351 e. The molecule has 5 heteroatoms. The maximum atomic E-state index is 11.7. The number of carbonyl (C=O) groups excluding carboxylic acids is 1. The maximum Gasteiger partial charge on any atom is 0.230 e. The van der Waals surface area contributed by atoms with Crippen LogP contribution in [0.3, 0.4) is 0 Å². The molecule has 1 aromatic heterocycles. The number of nitrogens with one attached hydrogen (secondary N) is 1. The van der Waals surface area contributed by atoms with Gasteiger partial charge in [0.1, 0.15) is 0 Å². The summed E-state index contributed by atoms with van der Waals surface area (Å²) in [5, 5.41) is 2.90. The van der Waals surface area contributed by atoms with E-state index in [-0.39, 0.29) is 5.91 Å². The molecular formula is C15H15BrN2OS. The van der Waals surface area contributed by atoms with Gasteiger partial charge in [0.25, 0.3) is 0 Å². The molecule has 1 aromatic carbocycles. The van der Waals surface area contributed by atoms with Crippen molar-refractivity contribution in [3.8, 4) is 0 Å². The van der Waals surface area contributed by atoms with Gasteiger partial charge in [0, 0.05) is 29.2 Å². The van der Waals surface area contributed by atoms with E-state index in [1.165, 1.54) is 5.56 Å². The Morgan fingerprint density at radius 3 is 2.50 bits per heavy atom. The van der Waals surface area contributed by atoms with E-state index in [2.05, 4.69) is 38.4 Å². The Kier molecular flexibility index (Phi) is 6.08. The van der Waals surface area contributed by atoms with E-state index in [9.17, 15) is 4.79 Å². The van der Waals surface area contributed by atoms with Crippen molar-refractivity contribution in [1.82, 2.24) is 10.3 Å². The summed E-state index contributed by atoms with van der Waals surface area (Å²) < 4.78 is 1.07. The number of amides is 1. The number of thioether (sulfide) groups is 1. The summed E-state index contributed by atoms with van der Waals surface area (Å²) >= 11 is 5.02. The molecule has 0 aliphatic rings. The highest BCUT2D eigenvalue weighted by Gasteiger charge is 2.02. The molecule has 104 valence electrons. The van der Waals surface area contributed by atoms with Crippen LogP contribution in [-0.4, -0.2) is 16.6 Å². The fourth-order valence-corrected chi connectivity index (χ4v) is 2.68. The second-order valence-corrected chi connectivity index (χ2v) is 6.15. The van der Waals surface area contributed by atoms with Crippen molar-refractivity contribution in [3.05, 3.63) is 64.4 Å². The van der Waals surface area contributed by atoms with Crippen molar-refractivity contribution < 1.29 is 4.79 Å². The number of rotatable bonds is 6. The topological polar surface area (TPSA) is 42.0 Å². The van der Waals surface area contributed by atoms with Gasteiger partial charge in [-0.15, -0.1) is 11.8 Å². The number of hydrogen-bond donors (Lipinski definition) is 1. The van der Waals surface area contributed by atoms with Gasteiger partial charge in [-0.3, -0.25) is 9.78 Å². The van der Waals surface area contributed by atoms with Crippen LogP contribution in [0, 0.1) is 0 Å². The summed E-state index contributed by atoms with van der Waals surface area (Å²) in [4.78, 5) is 15.6. The summed E-state index contributed by atoms with van der Waals surface area (Å²) in [7, 11) is 0. The monoisotopic (exact) mass is 350 g/mol. The van der Waals surface area contributed by atoms with Gasteiger partial charge in [-0.05, 0) is 35.4 Å². The highest BCUT2D eigenvalue weighted by atomic mass is 79.9. The first-order valence-corrected chi connectivity index (χ1v) is 8.16. The van der Waals surface area contributed by atoms with Crippen LogP contribution >= 0.6 is 27.7 Å². The molecule has 0 aliphatic carbocycles. The normalized spacial score (nSPS) is 10.2. The third-order valence-electron chi connectivity index (χ3n) is 2.65. The van der Waals surface area contributed by atoms with Crippen molar-refractivity contribution in [1.29, 1.82) is 0 Å². The molecule has 0 spiro atoms. The average molecular weight is 351 g/mol. The Hall–Kier alpha value is -1.33. The average Bonchev–Trinajstić information content (AvgIpc) is 2.48. The van der Waals surface area contributed by atoms with Gasteiger partial charge in [-0.1, -0.05) is 28.1 Å². The van der Waals surface area contributed by atoms with Crippen LogP contribution in [-0.2, 0) is 17.1 Å². The number of pyridine rings is 1. The third-order valence-corrected chi connectivity index (χ3v) is 4.19. The highest BCUT2D eigenvalue weighted by molar-refractivity contribution is 9.10. The molecule has 1 heterocycles. The third kappa shape index (κ3) is 5.35. The number of aromatic nitrogens is 1. The molecule has 0 saturated heterocycles. The molecule has 0 bridgehead atoms. The van der Waals surface area contributed by atoms with Gasteiger partial charge < -0.3 is 5.32 Å². The second kappa shape index (κ2) is 8.07. The van der Waals surface area contributed by atoms with Crippen LogP contribution in [0.2, 0.25) is 0 Å². The minimum absolute atomic E-state index is 0.0592. The van der Waals surface area contributed by atoms with Gasteiger partial charge in [0.15, 0.2) is 0 Å². The van der Waals surface area contributed by atoms with Gasteiger partial charge in [0.05, 0.1) is 5.75 Å². The van der Waals surface area contributed by atoms with E-state index in [4.69, 9.17) is 0 Å². The molecule has 3 nitrogen and oxygen atoms in total. The Morgan fingerprint density at radius 2 is 1.80 bits per heavy atom. The zero-order valence-corrected chi connectivity index (χ0v) is 13.3. The number of benzene rings is 1. The quantitative estimate of drug-likeness (QED) is 0.867. The highest BCUT2D eigenvalue weighted by Crippen LogP contribution is 2.15.